The summed E-state index contributed by atoms with van der Waals surface area (Å²) in [5.74, 6) is -6.07. The van der Waals surface area contributed by atoms with Gasteiger partial charge in [-0.15, -0.1) is 0 Å². The molecule has 0 aromatic heterocycles. The van der Waals surface area contributed by atoms with Crippen molar-refractivity contribution in [1.82, 2.24) is 0 Å². The van der Waals surface area contributed by atoms with E-state index in [4.69, 9.17) is 0 Å². The molecular weight excluding hydrogens is 244 g/mol. The molecular formula is C14H12F4. The second kappa shape index (κ2) is 4.59. The predicted molar refractivity (Wildman–Crippen MR) is 62.5 cm³/mol. The molecule has 96 valence electrons. The molecule has 0 fully saturated rings. The lowest BCUT2D eigenvalue weighted by atomic mass is 9.95. The highest BCUT2D eigenvalue weighted by atomic mass is 19.2. The Bertz CT molecular complexity index is 605. The third-order valence-corrected chi connectivity index (χ3v) is 3.28. The Balaban J connectivity index is 2.78. The topological polar surface area (TPSA) is 0 Å². The first-order valence-corrected chi connectivity index (χ1v) is 5.73. The molecule has 0 saturated carbocycles. The van der Waals surface area contributed by atoms with Crippen LogP contribution in [0.3, 0.4) is 0 Å². The Morgan fingerprint density at radius 2 is 1.44 bits per heavy atom. The molecule has 0 aliphatic rings. The maximum atomic E-state index is 13.6. The molecule has 1 unspecified atom stereocenters. The summed E-state index contributed by atoms with van der Waals surface area (Å²) in [6.07, 6.45) is 0.819. The van der Waals surface area contributed by atoms with Crippen molar-refractivity contribution < 1.29 is 17.6 Å². The van der Waals surface area contributed by atoms with Gasteiger partial charge in [0.1, 0.15) is 0 Å². The van der Waals surface area contributed by atoms with Gasteiger partial charge in [0, 0.05) is 10.8 Å². The molecule has 2 aromatic carbocycles. The van der Waals surface area contributed by atoms with Crippen LogP contribution >= 0.6 is 0 Å². The summed E-state index contributed by atoms with van der Waals surface area (Å²) in [7, 11) is 0. The van der Waals surface area contributed by atoms with E-state index in [-0.39, 0.29) is 16.7 Å². The number of benzene rings is 2. The first-order valence-electron chi connectivity index (χ1n) is 5.73. The largest absolute Gasteiger partial charge is 0.203 e. The fourth-order valence-corrected chi connectivity index (χ4v) is 1.91. The quantitative estimate of drug-likeness (QED) is 0.407. The van der Waals surface area contributed by atoms with E-state index in [1.54, 1.807) is 6.07 Å². The lowest BCUT2D eigenvalue weighted by Gasteiger charge is -2.11. The molecule has 0 spiro atoms. The van der Waals surface area contributed by atoms with Crippen LogP contribution in [0.15, 0.2) is 18.2 Å². The molecule has 2 aromatic rings. The second-order valence-corrected chi connectivity index (χ2v) is 4.37. The fraction of sp³-hybridized carbons (Fsp3) is 0.286. The molecule has 0 nitrogen and oxygen atoms in total. The van der Waals surface area contributed by atoms with Crippen molar-refractivity contribution in [3.8, 4) is 0 Å². The Morgan fingerprint density at radius 1 is 0.889 bits per heavy atom. The van der Waals surface area contributed by atoms with Crippen LogP contribution in [-0.2, 0) is 0 Å². The van der Waals surface area contributed by atoms with Crippen LogP contribution in [0.5, 0.6) is 0 Å². The van der Waals surface area contributed by atoms with Gasteiger partial charge >= 0.3 is 0 Å². The van der Waals surface area contributed by atoms with Crippen molar-refractivity contribution in [3.63, 3.8) is 0 Å². The third-order valence-electron chi connectivity index (χ3n) is 3.28. The molecule has 4 heteroatoms. The normalized spacial score (nSPS) is 13.0. The SMILES string of the molecule is CCC(C)c1ccc2c(F)c(F)c(F)c(F)c2c1. The standard InChI is InChI=1S/C14H12F4/c1-3-7(2)8-4-5-9-10(6-8)12(16)14(18)13(17)11(9)15/h4-7H,3H2,1-2H3. The molecule has 0 bridgehead atoms. The minimum Gasteiger partial charge on any atom is -0.203 e. The van der Waals surface area contributed by atoms with Crippen molar-refractivity contribution in [2.24, 2.45) is 0 Å². The van der Waals surface area contributed by atoms with Gasteiger partial charge in [0.05, 0.1) is 0 Å². The summed E-state index contributed by atoms with van der Waals surface area (Å²) < 4.78 is 53.3. The molecule has 0 saturated heterocycles. The summed E-state index contributed by atoms with van der Waals surface area (Å²) in [5.41, 5.74) is 0.773. The molecule has 0 N–H and O–H groups in total. The van der Waals surface area contributed by atoms with E-state index in [9.17, 15) is 17.6 Å². The average molecular weight is 256 g/mol. The molecule has 0 aliphatic heterocycles. The second-order valence-electron chi connectivity index (χ2n) is 4.37. The zero-order valence-corrected chi connectivity index (χ0v) is 10.0. The van der Waals surface area contributed by atoms with Crippen LogP contribution in [0, 0.1) is 23.3 Å². The van der Waals surface area contributed by atoms with Crippen molar-refractivity contribution in [3.05, 3.63) is 47.0 Å². The van der Waals surface area contributed by atoms with Crippen molar-refractivity contribution in [2.75, 3.05) is 0 Å². The Labute approximate surface area is 102 Å². The highest BCUT2D eigenvalue weighted by Crippen LogP contribution is 2.30. The first-order chi connectivity index (χ1) is 8.47. The van der Waals surface area contributed by atoms with Gasteiger partial charge in [-0.25, -0.2) is 17.6 Å². The number of fused-ring (bicyclic) bond motifs is 1. The van der Waals surface area contributed by atoms with Gasteiger partial charge in [-0.05, 0) is 24.0 Å². The maximum absolute atomic E-state index is 13.6. The highest BCUT2D eigenvalue weighted by Gasteiger charge is 2.20. The predicted octanol–water partition coefficient (Wildman–Crippen LogP) is 4.91. The van der Waals surface area contributed by atoms with E-state index in [1.807, 2.05) is 13.8 Å². The van der Waals surface area contributed by atoms with Crippen LogP contribution in [0.4, 0.5) is 17.6 Å². The Kier molecular flexibility index (Phi) is 3.28. The maximum Gasteiger partial charge on any atom is 0.198 e. The van der Waals surface area contributed by atoms with E-state index in [1.165, 1.54) is 12.1 Å². The molecule has 0 radical (unpaired) electrons. The molecule has 18 heavy (non-hydrogen) atoms. The summed E-state index contributed by atoms with van der Waals surface area (Å²) in [6.45, 7) is 3.88. The van der Waals surface area contributed by atoms with Crippen LogP contribution in [0.25, 0.3) is 10.8 Å². The number of rotatable bonds is 2. The van der Waals surface area contributed by atoms with E-state index >= 15 is 0 Å². The molecule has 0 amide bonds. The van der Waals surface area contributed by atoms with E-state index < -0.39 is 23.3 Å². The van der Waals surface area contributed by atoms with Gasteiger partial charge in [-0.3, -0.25) is 0 Å². The van der Waals surface area contributed by atoms with Crippen LogP contribution in [0.2, 0.25) is 0 Å². The van der Waals surface area contributed by atoms with E-state index in [2.05, 4.69) is 0 Å². The van der Waals surface area contributed by atoms with E-state index in [0.717, 1.165) is 12.0 Å². The first kappa shape index (κ1) is 12.9. The van der Waals surface area contributed by atoms with Gasteiger partial charge in [-0.2, -0.15) is 0 Å². The summed E-state index contributed by atoms with van der Waals surface area (Å²) in [6, 6.07) is 4.28. The van der Waals surface area contributed by atoms with Crippen molar-refractivity contribution in [2.45, 2.75) is 26.2 Å². The molecule has 0 heterocycles. The van der Waals surface area contributed by atoms with Gasteiger partial charge in [-0.1, -0.05) is 26.0 Å². The van der Waals surface area contributed by atoms with E-state index in [0.29, 0.717) is 0 Å². The zero-order chi connectivity index (χ0) is 13.4. The van der Waals surface area contributed by atoms with Gasteiger partial charge in [0.25, 0.3) is 0 Å². The van der Waals surface area contributed by atoms with Crippen LogP contribution in [-0.4, -0.2) is 0 Å². The molecule has 1 atom stereocenters. The molecule has 0 aliphatic carbocycles. The van der Waals surface area contributed by atoms with Gasteiger partial charge in [0.2, 0.25) is 0 Å². The van der Waals surface area contributed by atoms with Crippen molar-refractivity contribution in [1.29, 1.82) is 0 Å². The molecule has 2 rings (SSSR count). The van der Waals surface area contributed by atoms with Crippen LogP contribution < -0.4 is 0 Å². The smallest absolute Gasteiger partial charge is 0.198 e. The zero-order valence-electron chi connectivity index (χ0n) is 10.0. The Morgan fingerprint density at radius 3 is 2.00 bits per heavy atom. The Hall–Kier alpha value is -1.58. The minimum absolute atomic E-state index is 0.143. The lowest BCUT2D eigenvalue weighted by molar-refractivity contribution is 0.418. The number of hydrogen-bond donors (Lipinski definition) is 0. The highest BCUT2D eigenvalue weighted by molar-refractivity contribution is 5.84. The minimum atomic E-state index is -1.77. The van der Waals surface area contributed by atoms with Gasteiger partial charge < -0.3 is 0 Å². The number of hydrogen-bond acceptors (Lipinski definition) is 0. The number of halogens is 4. The summed E-state index contributed by atoms with van der Waals surface area (Å²) in [5, 5.41) is -0.456. The fourth-order valence-electron chi connectivity index (χ4n) is 1.91. The monoisotopic (exact) mass is 256 g/mol. The summed E-state index contributed by atoms with van der Waals surface area (Å²) in [4.78, 5) is 0. The average Bonchev–Trinajstić information content (AvgIpc) is 2.41. The van der Waals surface area contributed by atoms with Crippen LogP contribution in [0.1, 0.15) is 31.7 Å². The third kappa shape index (κ3) is 1.85. The van der Waals surface area contributed by atoms with Gasteiger partial charge in [0.15, 0.2) is 23.3 Å². The lowest BCUT2D eigenvalue weighted by Crippen LogP contribution is -1.99. The summed E-state index contributed by atoms with van der Waals surface area (Å²) >= 11 is 0. The van der Waals surface area contributed by atoms with Crippen molar-refractivity contribution >= 4 is 10.8 Å².